The molecule has 2 heterocycles. The van der Waals surface area contributed by atoms with Gasteiger partial charge in [-0.15, -0.1) is 0 Å². The van der Waals surface area contributed by atoms with E-state index in [1.807, 2.05) is 18.2 Å². The summed E-state index contributed by atoms with van der Waals surface area (Å²) in [5.74, 6) is 1.04. The summed E-state index contributed by atoms with van der Waals surface area (Å²) >= 11 is 0. The zero-order chi connectivity index (χ0) is 18.9. The van der Waals surface area contributed by atoms with Crippen molar-refractivity contribution in [3.8, 4) is 17.6 Å². The molecule has 0 spiro atoms. The van der Waals surface area contributed by atoms with Gasteiger partial charge in [-0.05, 0) is 30.3 Å². The molecule has 0 amide bonds. The smallest absolute Gasteiger partial charge is 0.243 e. The number of ether oxygens (including phenoxy) is 2. The summed E-state index contributed by atoms with van der Waals surface area (Å²) < 4.78 is 38.4. The topological polar surface area (TPSA) is 82.9 Å². The number of nitriles is 1. The SMILES string of the molecule is N#Cc1cccc(N2CCN(S(=O)(=O)c3ccc4c(c3)OCCO4)CC2)c1. The van der Waals surface area contributed by atoms with Gasteiger partial charge in [0, 0.05) is 37.9 Å². The molecule has 0 bridgehead atoms. The maximum Gasteiger partial charge on any atom is 0.243 e. The zero-order valence-corrected chi connectivity index (χ0v) is 15.5. The summed E-state index contributed by atoms with van der Waals surface area (Å²) in [5.41, 5.74) is 1.53. The van der Waals surface area contributed by atoms with Crippen LogP contribution in [0.15, 0.2) is 47.4 Å². The highest BCUT2D eigenvalue weighted by molar-refractivity contribution is 7.89. The largest absolute Gasteiger partial charge is 0.486 e. The van der Waals surface area contributed by atoms with Gasteiger partial charge in [0.2, 0.25) is 10.0 Å². The van der Waals surface area contributed by atoms with E-state index in [1.165, 1.54) is 10.4 Å². The molecule has 4 rings (SSSR count). The monoisotopic (exact) mass is 385 g/mol. The first-order chi connectivity index (χ1) is 13.1. The Kier molecular flexibility index (Phi) is 4.64. The van der Waals surface area contributed by atoms with Crippen LogP contribution in [-0.2, 0) is 10.0 Å². The number of benzene rings is 2. The summed E-state index contributed by atoms with van der Waals surface area (Å²) in [6.45, 7) is 2.78. The van der Waals surface area contributed by atoms with Crippen LogP contribution in [0.25, 0.3) is 0 Å². The molecule has 2 aromatic carbocycles. The number of rotatable bonds is 3. The number of anilines is 1. The molecule has 0 atom stereocenters. The predicted molar refractivity (Wildman–Crippen MR) is 99.6 cm³/mol. The molecule has 27 heavy (non-hydrogen) atoms. The molecule has 0 unspecified atom stereocenters. The average Bonchev–Trinajstić information content (AvgIpc) is 2.73. The summed E-state index contributed by atoms with van der Waals surface area (Å²) in [6.07, 6.45) is 0. The summed E-state index contributed by atoms with van der Waals surface area (Å²) in [5, 5.41) is 9.04. The van der Waals surface area contributed by atoms with E-state index in [1.54, 1.807) is 18.2 Å². The van der Waals surface area contributed by atoms with Gasteiger partial charge >= 0.3 is 0 Å². The molecule has 140 valence electrons. The van der Waals surface area contributed by atoms with Crippen molar-refractivity contribution in [3.05, 3.63) is 48.0 Å². The molecule has 7 nitrogen and oxygen atoms in total. The first-order valence-corrected chi connectivity index (χ1v) is 10.2. The van der Waals surface area contributed by atoms with E-state index in [2.05, 4.69) is 11.0 Å². The van der Waals surface area contributed by atoms with Crippen LogP contribution < -0.4 is 14.4 Å². The molecule has 2 aromatic rings. The number of hydrogen-bond donors (Lipinski definition) is 0. The number of piperazine rings is 1. The van der Waals surface area contributed by atoms with Crippen molar-refractivity contribution >= 4 is 15.7 Å². The zero-order valence-electron chi connectivity index (χ0n) is 14.7. The van der Waals surface area contributed by atoms with Crippen molar-refractivity contribution in [3.63, 3.8) is 0 Å². The van der Waals surface area contributed by atoms with Crippen LogP contribution in [0.4, 0.5) is 5.69 Å². The molecule has 0 saturated carbocycles. The third-order valence-electron chi connectivity index (χ3n) is 4.73. The molecule has 0 N–H and O–H groups in total. The Balaban J connectivity index is 1.49. The van der Waals surface area contributed by atoms with Gasteiger partial charge in [-0.25, -0.2) is 8.42 Å². The first-order valence-electron chi connectivity index (χ1n) is 8.73. The lowest BCUT2D eigenvalue weighted by molar-refractivity contribution is 0.171. The molecule has 0 radical (unpaired) electrons. The second-order valence-corrected chi connectivity index (χ2v) is 8.30. The molecule has 2 aliphatic heterocycles. The Bertz CT molecular complexity index is 992. The lowest BCUT2D eigenvalue weighted by atomic mass is 10.2. The minimum Gasteiger partial charge on any atom is -0.486 e. The van der Waals surface area contributed by atoms with Crippen molar-refractivity contribution < 1.29 is 17.9 Å². The molecule has 0 aliphatic carbocycles. The Hall–Kier alpha value is -2.76. The fraction of sp³-hybridized carbons (Fsp3) is 0.316. The van der Waals surface area contributed by atoms with Gasteiger partial charge in [-0.3, -0.25) is 0 Å². The average molecular weight is 385 g/mol. The van der Waals surface area contributed by atoms with E-state index < -0.39 is 10.0 Å². The highest BCUT2D eigenvalue weighted by Gasteiger charge is 2.29. The standard InChI is InChI=1S/C19H19N3O4S/c20-14-15-2-1-3-16(12-15)21-6-8-22(9-7-21)27(23,24)17-4-5-18-19(13-17)26-11-10-25-18/h1-5,12-13H,6-11H2. The predicted octanol–water partition coefficient (Wildman–Crippen LogP) is 1.84. The fourth-order valence-corrected chi connectivity index (χ4v) is 4.73. The van der Waals surface area contributed by atoms with E-state index in [-0.39, 0.29) is 4.90 Å². The van der Waals surface area contributed by atoms with Gasteiger partial charge in [-0.2, -0.15) is 9.57 Å². The lowest BCUT2D eigenvalue weighted by Crippen LogP contribution is -2.48. The fourth-order valence-electron chi connectivity index (χ4n) is 3.29. The summed E-state index contributed by atoms with van der Waals surface area (Å²) in [7, 11) is -3.60. The Morgan fingerprint density at radius 1 is 0.926 bits per heavy atom. The molecule has 1 fully saturated rings. The first kappa shape index (κ1) is 17.6. The number of fused-ring (bicyclic) bond motifs is 1. The summed E-state index contributed by atoms with van der Waals surface area (Å²) in [6, 6.07) is 14.2. The van der Waals surface area contributed by atoms with E-state index in [0.717, 1.165) is 5.69 Å². The molecular formula is C19H19N3O4S. The van der Waals surface area contributed by atoms with E-state index in [4.69, 9.17) is 14.7 Å². The van der Waals surface area contributed by atoms with Gasteiger partial charge < -0.3 is 14.4 Å². The maximum absolute atomic E-state index is 13.0. The van der Waals surface area contributed by atoms with Crippen LogP contribution in [0.5, 0.6) is 11.5 Å². The van der Waals surface area contributed by atoms with Crippen molar-refractivity contribution in [1.29, 1.82) is 5.26 Å². The van der Waals surface area contributed by atoms with Crippen LogP contribution in [0, 0.1) is 11.3 Å². The third kappa shape index (κ3) is 3.44. The van der Waals surface area contributed by atoms with Gasteiger partial charge in [0.1, 0.15) is 13.2 Å². The highest BCUT2D eigenvalue weighted by atomic mass is 32.2. The van der Waals surface area contributed by atoms with Crippen molar-refractivity contribution in [1.82, 2.24) is 4.31 Å². The Morgan fingerprint density at radius 2 is 1.67 bits per heavy atom. The quantitative estimate of drug-likeness (QED) is 0.802. The van der Waals surface area contributed by atoms with Crippen LogP contribution >= 0.6 is 0 Å². The van der Waals surface area contributed by atoms with E-state index >= 15 is 0 Å². The van der Waals surface area contributed by atoms with Gasteiger partial charge in [0.05, 0.1) is 16.5 Å². The normalized spacial score (nSPS) is 17.4. The van der Waals surface area contributed by atoms with E-state index in [0.29, 0.717) is 56.5 Å². The number of hydrogen-bond acceptors (Lipinski definition) is 6. The minimum atomic E-state index is -3.60. The Labute approximate surface area is 158 Å². The molecule has 0 aromatic heterocycles. The van der Waals surface area contributed by atoms with Crippen molar-refractivity contribution in [2.45, 2.75) is 4.90 Å². The molecular weight excluding hydrogens is 366 g/mol. The van der Waals surface area contributed by atoms with Crippen LogP contribution in [0.1, 0.15) is 5.56 Å². The Morgan fingerprint density at radius 3 is 2.41 bits per heavy atom. The molecule has 1 saturated heterocycles. The second-order valence-electron chi connectivity index (χ2n) is 6.36. The number of nitrogens with zero attached hydrogens (tertiary/aromatic N) is 3. The van der Waals surface area contributed by atoms with Crippen LogP contribution in [-0.4, -0.2) is 52.1 Å². The number of sulfonamides is 1. The second kappa shape index (κ2) is 7.10. The molecule has 2 aliphatic rings. The van der Waals surface area contributed by atoms with Crippen molar-refractivity contribution in [2.75, 3.05) is 44.3 Å². The van der Waals surface area contributed by atoms with Crippen molar-refractivity contribution in [2.24, 2.45) is 0 Å². The van der Waals surface area contributed by atoms with E-state index in [9.17, 15) is 8.42 Å². The third-order valence-corrected chi connectivity index (χ3v) is 6.63. The minimum absolute atomic E-state index is 0.215. The highest BCUT2D eigenvalue weighted by Crippen LogP contribution is 2.33. The maximum atomic E-state index is 13.0. The lowest BCUT2D eigenvalue weighted by Gasteiger charge is -2.35. The molecule has 8 heteroatoms. The van der Waals surface area contributed by atoms with Gasteiger partial charge in [0.15, 0.2) is 11.5 Å². The van der Waals surface area contributed by atoms with Crippen LogP contribution in [0.3, 0.4) is 0 Å². The van der Waals surface area contributed by atoms with Gasteiger partial charge in [-0.1, -0.05) is 6.07 Å². The summed E-state index contributed by atoms with van der Waals surface area (Å²) in [4.78, 5) is 2.31. The van der Waals surface area contributed by atoms with Gasteiger partial charge in [0.25, 0.3) is 0 Å². The van der Waals surface area contributed by atoms with Crippen LogP contribution in [0.2, 0.25) is 0 Å².